The van der Waals surface area contributed by atoms with Crippen LogP contribution in [0.25, 0.3) is 0 Å². The Balaban J connectivity index is 2.49. The topological polar surface area (TPSA) is 46.3 Å². The minimum atomic E-state index is 0.186. The Hall–Kier alpha value is -1.35. The number of amides is 1. The largest absolute Gasteiger partial charge is 0.345 e. The van der Waals surface area contributed by atoms with Gasteiger partial charge in [0.05, 0.1) is 0 Å². The maximum absolute atomic E-state index is 11.7. The maximum Gasteiger partial charge on any atom is 0.222 e. The van der Waals surface area contributed by atoms with E-state index in [0.717, 1.165) is 19.4 Å². The number of aryl methyl sites for hydroxylation is 2. The molecular formula is C15H24N2O. The molecule has 18 heavy (non-hydrogen) atoms. The molecule has 100 valence electrons. The summed E-state index contributed by atoms with van der Waals surface area (Å²) >= 11 is 0. The molecule has 0 unspecified atom stereocenters. The Labute approximate surface area is 110 Å². The van der Waals surface area contributed by atoms with Gasteiger partial charge in [-0.3, -0.25) is 4.79 Å². The van der Waals surface area contributed by atoms with E-state index in [1.54, 1.807) is 4.90 Å². The number of rotatable bonds is 6. The summed E-state index contributed by atoms with van der Waals surface area (Å²) in [6.07, 6.45) is 2.24. The van der Waals surface area contributed by atoms with Crippen LogP contribution in [0, 0.1) is 13.8 Å². The summed E-state index contributed by atoms with van der Waals surface area (Å²) in [4.78, 5) is 13.5. The lowest BCUT2D eigenvalue weighted by Crippen LogP contribution is -2.29. The molecule has 0 bridgehead atoms. The van der Waals surface area contributed by atoms with Crippen LogP contribution in [-0.4, -0.2) is 30.9 Å². The van der Waals surface area contributed by atoms with E-state index < -0.39 is 0 Å². The molecule has 1 aromatic carbocycles. The fourth-order valence-electron chi connectivity index (χ4n) is 1.93. The molecule has 0 fully saturated rings. The molecule has 0 spiro atoms. The molecule has 1 aromatic rings. The summed E-state index contributed by atoms with van der Waals surface area (Å²) in [6.45, 7) is 5.56. The first-order valence-electron chi connectivity index (χ1n) is 6.54. The standard InChI is InChI=1S/C15H24N2O/c1-12-6-7-13(2)14(11-12)8-10-17(3)15(18)5-4-9-16/h6-7,11H,4-5,8-10,16H2,1-3H3. The van der Waals surface area contributed by atoms with E-state index in [4.69, 9.17) is 5.73 Å². The Morgan fingerprint density at radius 3 is 2.72 bits per heavy atom. The zero-order valence-corrected chi connectivity index (χ0v) is 11.7. The van der Waals surface area contributed by atoms with Crippen molar-refractivity contribution in [3.8, 4) is 0 Å². The van der Waals surface area contributed by atoms with Gasteiger partial charge in [-0.25, -0.2) is 0 Å². The zero-order chi connectivity index (χ0) is 13.5. The van der Waals surface area contributed by atoms with E-state index in [-0.39, 0.29) is 5.91 Å². The summed E-state index contributed by atoms with van der Waals surface area (Å²) < 4.78 is 0. The number of likely N-dealkylation sites (N-methyl/N-ethyl adjacent to an activating group) is 1. The Bertz CT molecular complexity index is 401. The van der Waals surface area contributed by atoms with Crippen LogP contribution >= 0.6 is 0 Å². The van der Waals surface area contributed by atoms with E-state index in [0.29, 0.717) is 13.0 Å². The molecule has 0 saturated carbocycles. The third-order valence-corrected chi connectivity index (χ3v) is 3.24. The second kappa shape index (κ2) is 7.17. The van der Waals surface area contributed by atoms with Crippen LogP contribution in [0.5, 0.6) is 0 Å². The zero-order valence-electron chi connectivity index (χ0n) is 11.7. The highest BCUT2D eigenvalue weighted by Gasteiger charge is 2.08. The molecule has 2 N–H and O–H groups in total. The molecular weight excluding hydrogens is 224 g/mol. The predicted octanol–water partition coefficient (Wildman–Crippen LogP) is 2.04. The van der Waals surface area contributed by atoms with Gasteiger partial charge in [0.25, 0.3) is 0 Å². The van der Waals surface area contributed by atoms with Crippen LogP contribution in [0.1, 0.15) is 29.5 Å². The van der Waals surface area contributed by atoms with Crippen molar-refractivity contribution in [2.24, 2.45) is 5.73 Å². The van der Waals surface area contributed by atoms with Crippen molar-refractivity contribution < 1.29 is 4.79 Å². The minimum absolute atomic E-state index is 0.186. The molecule has 1 amide bonds. The van der Waals surface area contributed by atoms with Crippen LogP contribution in [0.4, 0.5) is 0 Å². The normalized spacial score (nSPS) is 10.4. The minimum Gasteiger partial charge on any atom is -0.345 e. The molecule has 0 atom stereocenters. The Morgan fingerprint density at radius 1 is 1.33 bits per heavy atom. The van der Waals surface area contributed by atoms with Gasteiger partial charge in [0.1, 0.15) is 0 Å². The molecule has 3 nitrogen and oxygen atoms in total. The molecule has 0 aliphatic carbocycles. The highest BCUT2D eigenvalue weighted by molar-refractivity contribution is 5.75. The highest BCUT2D eigenvalue weighted by atomic mass is 16.2. The number of hydrogen-bond donors (Lipinski definition) is 1. The smallest absolute Gasteiger partial charge is 0.222 e. The van der Waals surface area contributed by atoms with E-state index in [9.17, 15) is 4.79 Å². The summed E-state index contributed by atoms with van der Waals surface area (Å²) in [5, 5.41) is 0. The average Bonchev–Trinajstić information content (AvgIpc) is 2.36. The van der Waals surface area contributed by atoms with Crippen LogP contribution in [0.3, 0.4) is 0 Å². The molecule has 0 aliphatic heterocycles. The SMILES string of the molecule is Cc1ccc(C)c(CCN(C)C(=O)CCCN)c1. The van der Waals surface area contributed by atoms with E-state index >= 15 is 0 Å². The summed E-state index contributed by atoms with van der Waals surface area (Å²) in [5.74, 6) is 0.186. The summed E-state index contributed by atoms with van der Waals surface area (Å²) in [7, 11) is 1.87. The lowest BCUT2D eigenvalue weighted by Gasteiger charge is -2.18. The van der Waals surface area contributed by atoms with Crippen LogP contribution in [0.2, 0.25) is 0 Å². The van der Waals surface area contributed by atoms with Crippen LogP contribution in [0.15, 0.2) is 18.2 Å². The average molecular weight is 248 g/mol. The lowest BCUT2D eigenvalue weighted by molar-refractivity contribution is -0.129. The fraction of sp³-hybridized carbons (Fsp3) is 0.533. The fourth-order valence-corrected chi connectivity index (χ4v) is 1.93. The van der Waals surface area contributed by atoms with Gasteiger partial charge in [-0.1, -0.05) is 23.8 Å². The molecule has 0 radical (unpaired) electrons. The maximum atomic E-state index is 11.7. The molecule has 0 heterocycles. The third kappa shape index (κ3) is 4.49. The molecule has 0 saturated heterocycles. The number of hydrogen-bond acceptors (Lipinski definition) is 2. The van der Waals surface area contributed by atoms with Crippen molar-refractivity contribution in [1.29, 1.82) is 0 Å². The number of nitrogens with two attached hydrogens (primary N) is 1. The van der Waals surface area contributed by atoms with Crippen molar-refractivity contribution >= 4 is 5.91 Å². The van der Waals surface area contributed by atoms with Crippen LogP contribution in [-0.2, 0) is 11.2 Å². The summed E-state index contributed by atoms with van der Waals surface area (Å²) in [6, 6.07) is 6.46. The van der Waals surface area contributed by atoms with Crippen molar-refractivity contribution in [2.75, 3.05) is 20.1 Å². The van der Waals surface area contributed by atoms with E-state index in [1.165, 1.54) is 16.7 Å². The van der Waals surface area contributed by atoms with Crippen molar-refractivity contribution in [1.82, 2.24) is 4.90 Å². The van der Waals surface area contributed by atoms with Gasteiger partial charge in [-0.05, 0) is 44.4 Å². The van der Waals surface area contributed by atoms with E-state index in [1.807, 2.05) is 7.05 Å². The van der Waals surface area contributed by atoms with Gasteiger partial charge in [0, 0.05) is 20.0 Å². The first-order chi connectivity index (χ1) is 8.54. The van der Waals surface area contributed by atoms with Gasteiger partial charge < -0.3 is 10.6 Å². The van der Waals surface area contributed by atoms with Gasteiger partial charge in [0.2, 0.25) is 5.91 Å². The Morgan fingerprint density at radius 2 is 2.06 bits per heavy atom. The highest BCUT2D eigenvalue weighted by Crippen LogP contribution is 2.11. The first kappa shape index (κ1) is 14.7. The number of carbonyl (C=O) groups excluding carboxylic acids is 1. The second-order valence-corrected chi connectivity index (χ2v) is 4.89. The van der Waals surface area contributed by atoms with Gasteiger partial charge in [-0.2, -0.15) is 0 Å². The number of nitrogens with zero attached hydrogens (tertiary/aromatic N) is 1. The second-order valence-electron chi connectivity index (χ2n) is 4.89. The Kier molecular flexibility index (Phi) is 5.86. The third-order valence-electron chi connectivity index (χ3n) is 3.24. The number of carbonyl (C=O) groups is 1. The van der Waals surface area contributed by atoms with Gasteiger partial charge in [-0.15, -0.1) is 0 Å². The molecule has 1 rings (SSSR count). The van der Waals surface area contributed by atoms with Crippen molar-refractivity contribution in [3.63, 3.8) is 0 Å². The van der Waals surface area contributed by atoms with Crippen molar-refractivity contribution in [3.05, 3.63) is 34.9 Å². The first-order valence-corrected chi connectivity index (χ1v) is 6.54. The van der Waals surface area contributed by atoms with Gasteiger partial charge >= 0.3 is 0 Å². The van der Waals surface area contributed by atoms with Crippen molar-refractivity contribution in [2.45, 2.75) is 33.1 Å². The summed E-state index contributed by atoms with van der Waals surface area (Å²) in [5.41, 5.74) is 9.30. The molecule has 0 aromatic heterocycles. The number of benzene rings is 1. The molecule has 3 heteroatoms. The van der Waals surface area contributed by atoms with Crippen LogP contribution < -0.4 is 5.73 Å². The van der Waals surface area contributed by atoms with Gasteiger partial charge in [0.15, 0.2) is 0 Å². The van der Waals surface area contributed by atoms with E-state index in [2.05, 4.69) is 32.0 Å². The lowest BCUT2D eigenvalue weighted by atomic mass is 10.0. The molecule has 0 aliphatic rings. The quantitative estimate of drug-likeness (QED) is 0.837. The monoisotopic (exact) mass is 248 g/mol. The predicted molar refractivity (Wildman–Crippen MR) is 75.5 cm³/mol.